The summed E-state index contributed by atoms with van der Waals surface area (Å²) >= 11 is 0. The van der Waals surface area contributed by atoms with Crippen LogP contribution in [-0.4, -0.2) is 21.0 Å². The Balaban J connectivity index is 3.07. The number of nitrogens with zero attached hydrogens (tertiary/aromatic N) is 2. The lowest BCUT2D eigenvalue weighted by Gasteiger charge is -2.19. The van der Waals surface area contributed by atoms with Gasteiger partial charge in [0.05, 0.1) is 0 Å². The molecule has 0 amide bonds. The van der Waals surface area contributed by atoms with Gasteiger partial charge in [0, 0.05) is 23.2 Å². The summed E-state index contributed by atoms with van der Waals surface area (Å²) in [6.45, 7) is 10.0. The minimum absolute atomic E-state index is 0.0825. The standard InChI is InChI=1S/C13H20N2O2/c1-8-10(6-7-11(16)17)9(2)15-12(14-8)13(3,4)5/h6-7H2,1-5H3,(H,16,17). The first-order valence-electron chi connectivity index (χ1n) is 5.78. The Hall–Kier alpha value is -1.45. The van der Waals surface area contributed by atoms with E-state index in [1.54, 1.807) is 0 Å². The molecule has 0 aromatic carbocycles. The van der Waals surface area contributed by atoms with Gasteiger partial charge in [0.1, 0.15) is 5.82 Å². The van der Waals surface area contributed by atoms with Gasteiger partial charge in [0.2, 0.25) is 0 Å². The van der Waals surface area contributed by atoms with E-state index in [2.05, 4.69) is 30.7 Å². The van der Waals surface area contributed by atoms with E-state index in [0.29, 0.717) is 6.42 Å². The van der Waals surface area contributed by atoms with Crippen molar-refractivity contribution in [3.8, 4) is 0 Å². The van der Waals surface area contributed by atoms with Gasteiger partial charge in [-0.05, 0) is 25.8 Å². The van der Waals surface area contributed by atoms with Gasteiger partial charge in [0.25, 0.3) is 0 Å². The number of aromatic nitrogens is 2. The molecule has 94 valence electrons. The summed E-state index contributed by atoms with van der Waals surface area (Å²) in [6, 6.07) is 0. The molecule has 0 spiro atoms. The second kappa shape index (κ2) is 4.82. The fourth-order valence-electron chi connectivity index (χ4n) is 1.67. The molecule has 0 fully saturated rings. The molecule has 0 saturated carbocycles. The Morgan fingerprint density at radius 2 is 1.65 bits per heavy atom. The number of rotatable bonds is 3. The Labute approximate surface area is 102 Å². The van der Waals surface area contributed by atoms with Crippen LogP contribution < -0.4 is 0 Å². The molecule has 0 aliphatic carbocycles. The highest BCUT2D eigenvalue weighted by molar-refractivity contribution is 5.67. The zero-order chi connectivity index (χ0) is 13.2. The van der Waals surface area contributed by atoms with Crippen LogP contribution in [0.5, 0.6) is 0 Å². The highest BCUT2D eigenvalue weighted by Gasteiger charge is 2.19. The van der Waals surface area contributed by atoms with E-state index in [4.69, 9.17) is 5.11 Å². The lowest BCUT2D eigenvalue weighted by molar-refractivity contribution is -0.136. The molecule has 4 heteroatoms. The summed E-state index contributed by atoms with van der Waals surface area (Å²) in [6.07, 6.45) is 0.622. The van der Waals surface area contributed by atoms with Crippen LogP contribution in [0.25, 0.3) is 0 Å². The zero-order valence-corrected chi connectivity index (χ0v) is 11.2. The third-order valence-corrected chi connectivity index (χ3v) is 2.68. The zero-order valence-electron chi connectivity index (χ0n) is 11.2. The Morgan fingerprint density at radius 1 is 1.18 bits per heavy atom. The average molecular weight is 236 g/mol. The molecule has 4 nitrogen and oxygen atoms in total. The SMILES string of the molecule is Cc1nc(C(C)(C)C)nc(C)c1CCC(=O)O. The number of carbonyl (C=O) groups is 1. The normalized spacial score (nSPS) is 11.6. The molecule has 0 saturated heterocycles. The maximum absolute atomic E-state index is 10.6. The molecular formula is C13H20N2O2. The molecule has 0 aliphatic rings. The van der Waals surface area contributed by atoms with Crippen molar-refractivity contribution in [3.05, 3.63) is 22.8 Å². The van der Waals surface area contributed by atoms with Crippen LogP contribution in [0.3, 0.4) is 0 Å². The smallest absolute Gasteiger partial charge is 0.303 e. The maximum Gasteiger partial charge on any atom is 0.303 e. The van der Waals surface area contributed by atoms with Crippen LogP contribution in [0.4, 0.5) is 0 Å². The Morgan fingerprint density at radius 3 is 2.00 bits per heavy atom. The summed E-state index contributed by atoms with van der Waals surface area (Å²) in [5, 5.41) is 8.70. The molecule has 0 atom stereocenters. The van der Waals surface area contributed by atoms with Crippen molar-refractivity contribution in [2.24, 2.45) is 0 Å². The molecule has 17 heavy (non-hydrogen) atoms. The van der Waals surface area contributed by atoms with Crippen molar-refractivity contribution >= 4 is 5.97 Å². The van der Waals surface area contributed by atoms with Gasteiger partial charge in [-0.25, -0.2) is 9.97 Å². The van der Waals surface area contributed by atoms with Crippen LogP contribution in [0.1, 0.15) is 50.0 Å². The van der Waals surface area contributed by atoms with Crippen molar-refractivity contribution in [1.29, 1.82) is 0 Å². The van der Waals surface area contributed by atoms with Crippen molar-refractivity contribution in [3.63, 3.8) is 0 Å². The summed E-state index contributed by atoms with van der Waals surface area (Å²) < 4.78 is 0. The fraction of sp³-hybridized carbons (Fsp3) is 0.615. The Kier molecular flexibility index (Phi) is 3.86. The summed E-state index contributed by atoms with van der Waals surface area (Å²) in [5.74, 6) is 0.0234. The monoisotopic (exact) mass is 236 g/mol. The predicted molar refractivity (Wildman–Crippen MR) is 66.2 cm³/mol. The first kappa shape index (κ1) is 13.6. The van der Waals surface area contributed by atoms with Crippen LogP contribution >= 0.6 is 0 Å². The quantitative estimate of drug-likeness (QED) is 0.875. The lowest BCUT2D eigenvalue weighted by atomic mass is 9.94. The van der Waals surface area contributed by atoms with Crippen LogP contribution in [0.2, 0.25) is 0 Å². The number of hydrogen-bond acceptors (Lipinski definition) is 3. The van der Waals surface area contributed by atoms with E-state index < -0.39 is 5.97 Å². The predicted octanol–water partition coefficient (Wildman–Crippen LogP) is 2.41. The van der Waals surface area contributed by atoms with Gasteiger partial charge in [-0.3, -0.25) is 4.79 Å². The van der Waals surface area contributed by atoms with Gasteiger partial charge >= 0.3 is 5.97 Å². The third-order valence-electron chi connectivity index (χ3n) is 2.68. The molecule has 1 N–H and O–H groups in total. The van der Waals surface area contributed by atoms with Crippen molar-refractivity contribution < 1.29 is 9.90 Å². The van der Waals surface area contributed by atoms with Crippen LogP contribution in [-0.2, 0) is 16.6 Å². The number of carboxylic acid groups (broad SMARTS) is 1. The van der Waals surface area contributed by atoms with E-state index in [1.165, 1.54) is 0 Å². The molecular weight excluding hydrogens is 216 g/mol. The molecule has 0 aliphatic heterocycles. The van der Waals surface area contributed by atoms with Crippen LogP contribution in [0, 0.1) is 13.8 Å². The lowest BCUT2D eigenvalue weighted by Crippen LogP contribution is -2.19. The average Bonchev–Trinajstić information content (AvgIpc) is 2.14. The van der Waals surface area contributed by atoms with E-state index in [1.807, 2.05) is 13.8 Å². The van der Waals surface area contributed by atoms with E-state index in [-0.39, 0.29) is 11.8 Å². The van der Waals surface area contributed by atoms with E-state index >= 15 is 0 Å². The molecule has 1 rings (SSSR count). The maximum atomic E-state index is 10.6. The van der Waals surface area contributed by atoms with E-state index in [0.717, 1.165) is 22.8 Å². The fourth-order valence-corrected chi connectivity index (χ4v) is 1.67. The first-order chi connectivity index (χ1) is 7.71. The second-order valence-electron chi connectivity index (χ2n) is 5.34. The highest BCUT2D eigenvalue weighted by Crippen LogP contribution is 2.21. The van der Waals surface area contributed by atoms with Gasteiger partial charge in [-0.1, -0.05) is 20.8 Å². The summed E-state index contributed by atoms with van der Waals surface area (Å²) in [4.78, 5) is 19.5. The van der Waals surface area contributed by atoms with Gasteiger partial charge in [-0.2, -0.15) is 0 Å². The molecule has 0 radical (unpaired) electrons. The molecule has 0 bridgehead atoms. The van der Waals surface area contributed by atoms with Crippen molar-refractivity contribution in [2.75, 3.05) is 0 Å². The highest BCUT2D eigenvalue weighted by atomic mass is 16.4. The van der Waals surface area contributed by atoms with E-state index in [9.17, 15) is 4.79 Å². The summed E-state index contributed by atoms with van der Waals surface area (Å²) in [7, 11) is 0. The topological polar surface area (TPSA) is 63.1 Å². The first-order valence-corrected chi connectivity index (χ1v) is 5.78. The summed E-state index contributed by atoms with van der Waals surface area (Å²) in [5.41, 5.74) is 2.66. The minimum Gasteiger partial charge on any atom is -0.481 e. The van der Waals surface area contributed by atoms with Gasteiger partial charge in [-0.15, -0.1) is 0 Å². The number of hydrogen-bond donors (Lipinski definition) is 1. The van der Waals surface area contributed by atoms with Crippen LogP contribution in [0.15, 0.2) is 0 Å². The van der Waals surface area contributed by atoms with Crippen molar-refractivity contribution in [1.82, 2.24) is 9.97 Å². The number of aryl methyl sites for hydroxylation is 2. The number of carboxylic acids is 1. The van der Waals surface area contributed by atoms with Gasteiger partial charge < -0.3 is 5.11 Å². The van der Waals surface area contributed by atoms with Crippen molar-refractivity contribution in [2.45, 2.75) is 52.9 Å². The molecule has 1 aromatic heterocycles. The Bertz CT molecular complexity index is 411. The molecule has 1 aromatic rings. The largest absolute Gasteiger partial charge is 0.481 e. The van der Waals surface area contributed by atoms with Gasteiger partial charge in [0.15, 0.2) is 0 Å². The molecule has 0 unspecified atom stereocenters. The number of aliphatic carboxylic acids is 1. The molecule has 1 heterocycles. The minimum atomic E-state index is -0.788. The third kappa shape index (κ3) is 3.51. The second-order valence-corrected chi connectivity index (χ2v) is 5.34.